The van der Waals surface area contributed by atoms with Gasteiger partial charge in [0.1, 0.15) is 66.2 Å². The highest BCUT2D eigenvalue weighted by atomic mass is 79.9. The van der Waals surface area contributed by atoms with Crippen molar-refractivity contribution in [1.29, 1.82) is 0 Å². The molecule has 8 rings (SSSR count). The second-order valence-electron chi connectivity index (χ2n) is 42.1. The van der Waals surface area contributed by atoms with Crippen LogP contribution in [0.15, 0.2) is 87.4 Å². The third-order valence-electron chi connectivity index (χ3n) is 28.4. The molecule has 0 radical (unpaired) electrons. The lowest BCUT2D eigenvalue weighted by molar-refractivity contribution is -0.157. The predicted molar refractivity (Wildman–Crippen MR) is 544 cm³/mol. The topological polar surface area (TPSA) is 499 Å². The van der Waals surface area contributed by atoms with Crippen LogP contribution in [0, 0.1) is 0 Å². The highest BCUT2D eigenvalue weighted by Crippen LogP contribution is 2.55. The van der Waals surface area contributed by atoms with Crippen LogP contribution < -0.4 is 95.9 Å². The SMILES string of the molecule is CCCCCC(=O)CCC(=O)OC1[C@@H](CO)O[C@@H](n2ccc(=O)[nH]c2=O)[C@H]1O[Si](C(C)C)(C(C)C)C(C)C.CCCCCC(=O)CCC(=O)OC1[C@@H](CO)O[C@@H](n2ccc(=O)[nH]c2=O)[C@H]1O[Si](C(C)C)(C(C)C)C(C)C.CCCCCC(=O)CCC(=O)OC1[C@@H](COP(C)(=O)OC2[C@@H](CC)O[C@@H](n3ccc(=O)[nH]c3=O)[C@H]2O[Si](C)(C)C(C)(C)C)O[C@@H](n2ccc(=O)[nH]c2=O)[C@H]1O[Si](C(C)C)(C(C)C)C(C)C.[Br-].[Br-].[Br-]. The molecule has 0 saturated carbocycles. The molecule has 4 aromatic rings. The van der Waals surface area contributed by atoms with Gasteiger partial charge in [-0.15, -0.1) is 0 Å². The van der Waals surface area contributed by atoms with Crippen LogP contribution in [-0.4, -0.2) is 217 Å². The first kappa shape index (κ1) is 132. The van der Waals surface area contributed by atoms with Crippen LogP contribution in [0.1, 0.15) is 320 Å². The molecule has 144 heavy (non-hydrogen) atoms. The monoisotopic (exact) mass is 2320 g/mol. The molecular weight excluding hydrogens is 2150 g/mol. The Morgan fingerprint density at radius 1 is 0.368 bits per heavy atom. The minimum atomic E-state index is -4.14. The van der Waals surface area contributed by atoms with Gasteiger partial charge in [-0.3, -0.25) is 95.2 Å². The molecule has 0 bridgehead atoms. The number of aromatic amines is 4. The average Bonchev–Trinajstić information content (AvgIpc) is 1.61. The zero-order chi connectivity index (χ0) is 106. The van der Waals surface area contributed by atoms with Crippen molar-refractivity contribution in [2.45, 2.75) is 461 Å². The first-order chi connectivity index (χ1) is 65.9. The van der Waals surface area contributed by atoms with Crippen molar-refractivity contribution in [3.05, 3.63) is 132 Å². The third-order valence-corrected chi connectivity index (χ3v) is 52.4. The predicted octanol–water partition coefficient (Wildman–Crippen LogP) is 5.98. The second-order valence-corrected chi connectivity index (χ2v) is 65.1. The van der Waals surface area contributed by atoms with Gasteiger partial charge < -0.3 is 117 Å². The summed E-state index contributed by atoms with van der Waals surface area (Å²) in [5.41, 5.74) is -3.98. The van der Waals surface area contributed by atoms with E-state index in [0.29, 0.717) is 25.7 Å². The number of ether oxygens (including phenoxy) is 7. The Bertz CT molecular complexity index is 5040. The Labute approximate surface area is 882 Å². The van der Waals surface area contributed by atoms with Gasteiger partial charge in [0.05, 0.1) is 45.2 Å². The zero-order valence-corrected chi connectivity index (χ0v) is 99.5. The lowest BCUT2D eigenvalue weighted by Gasteiger charge is -2.45. The molecule has 0 amide bonds. The lowest BCUT2D eigenvalue weighted by atomic mass is 10.1. The molecule has 0 aliphatic carbocycles. The fraction of sp³-hybridized carbons (Fsp3) is 0.776. The molecule has 4 fully saturated rings. The molecule has 5 unspecified atom stereocenters. The Morgan fingerprint density at radius 2 is 0.611 bits per heavy atom. The molecular formula is C98H167Br3N8O30PSi4-3. The number of hydrogen-bond acceptors (Lipinski definition) is 30. The van der Waals surface area contributed by atoms with Crippen LogP contribution in [-0.2, 0) is 93.2 Å². The average molecular weight is 2320 g/mol. The normalized spacial score (nSPS) is 22.9. The van der Waals surface area contributed by atoms with Gasteiger partial charge in [-0.05, 0) is 93.7 Å². The number of nitrogens with one attached hydrogen (secondary N) is 4. The molecule has 8 heterocycles. The summed E-state index contributed by atoms with van der Waals surface area (Å²) in [5.74, 6) is -1.92. The molecule has 4 saturated heterocycles. The summed E-state index contributed by atoms with van der Waals surface area (Å²) in [5, 5.41) is 20.0. The van der Waals surface area contributed by atoms with Gasteiger partial charge >= 0.3 is 48.3 Å². The number of esters is 3. The molecule has 824 valence electrons. The van der Waals surface area contributed by atoms with E-state index in [4.69, 9.17) is 59.9 Å². The van der Waals surface area contributed by atoms with E-state index in [1.54, 1.807) is 0 Å². The Balaban J connectivity index is 0.000000583. The molecule has 38 nitrogen and oxygen atoms in total. The summed E-state index contributed by atoms with van der Waals surface area (Å²) in [4.78, 5) is 185. The third kappa shape index (κ3) is 34.6. The maximum atomic E-state index is 14.7. The lowest BCUT2D eigenvalue weighted by Crippen LogP contribution is -3.00. The number of H-pyrrole nitrogens is 4. The number of aromatic nitrogens is 8. The summed E-state index contributed by atoms with van der Waals surface area (Å²) >= 11 is 0. The number of nitrogens with zero attached hydrogens (tertiary/aromatic N) is 4. The highest BCUT2D eigenvalue weighted by Gasteiger charge is 2.61. The maximum absolute atomic E-state index is 14.7. The largest absolute Gasteiger partial charge is 1.00 e. The van der Waals surface area contributed by atoms with Gasteiger partial charge in [-0.1, -0.05) is 212 Å². The number of carbonyl (C=O) groups is 6. The van der Waals surface area contributed by atoms with Crippen LogP contribution in [0.2, 0.25) is 68.0 Å². The van der Waals surface area contributed by atoms with Gasteiger partial charge in [0.25, 0.3) is 22.2 Å². The van der Waals surface area contributed by atoms with E-state index in [2.05, 4.69) is 179 Å². The summed E-state index contributed by atoms with van der Waals surface area (Å²) in [6.07, 6.45) is -1.72. The molecule has 6 N–H and O–H groups in total. The number of unbranched alkanes of at least 4 members (excludes halogenated alkanes) is 6. The van der Waals surface area contributed by atoms with Crippen molar-refractivity contribution < 1.29 is 154 Å². The first-order valence-corrected chi connectivity index (χ1v) is 62.1. The van der Waals surface area contributed by atoms with Crippen LogP contribution in [0.5, 0.6) is 0 Å². The number of aliphatic hydroxyl groups excluding tert-OH is 2. The van der Waals surface area contributed by atoms with Gasteiger partial charge in [-0.2, -0.15) is 0 Å². The maximum Gasteiger partial charge on any atom is 0.330 e. The van der Waals surface area contributed by atoms with Crippen LogP contribution in [0.4, 0.5) is 0 Å². The number of rotatable bonds is 53. The molecule has 0 spiro atoms. The van der Waals surface area contributed by atoms with Crippen LogP contribution in [0.25, 0.3) is 0 Å². The molecule has 46 heteroatoms. The van der Waals surface area contributed by atoms with E-state index in [0.717, 1.165) is 57.8 Å². The van der Waals surface area contributed by atoms with Crippen molar-refractivity contribution in [2.24, 2.45) is 0 Å². The van der Waals surface area contributed by atoms with Gasteiger partial charge in [0.15, 0.2) is 51.5 Å². The van der Waals surface area contributed by atoms with Gasteiger partial charge in [0.2, 0.25) is 25.0 Å². The van der Waals surface area contributed by atoms with E-state index in [1.165, 1.54) is 74.0 Å². The summed E-state index contributed by atoms with van der Waals surface area (Å²) in [7, 11) is -14.8. The minimum Gasteiger partial charge on any atom is -1.00 e. The van der Waals surface area contributed by atoms with Crippen molar-refractivity contribution in [3.8, 4) is 0 Å². The molecule has 4 aliphatic rings. The minimum absolute atomic E-state index is 0. The van der Waals surface area contributed by atoms with Crippen molar-refractivity contribution in [2.75, 3.05) is 26.5 Å². The fourth-order valence-electron chi connectivity index (χ4n) is 20.4. The standard InChI is InChI=1S/C44H75N4O14PSi2.2C27H46N2O8Si.3BrH/c1-15-17-18-19-30(49)20-21-35(52)59-36-32(58-40(47-24-22-33(50)45-42(47)53)38(36)62-65(27(3)4,28(5)6)29(7)8)26-56-63(12,55)60-37-31(16-2)57-41(48-25-23-34(51)46-43(48)54)39(37)61-64(13,14)44(9,10)11;2*1-8-9-10-11-20(31)12-13-23(33)36-24-21(16-30)35-26(29-15-14-22(32)28-27(29)34)25(24)37-38(17(2)3,18(4)5)19(6)7;;;/h22-25,27-29,31-32,36-41H,15-21,26H2,1-14H3,(H,45,50,53)(H,46,51,54);2*14-15,17-19,21,24-26,30H,8-13,16H2,1-7H3,(H,28,32,34);3*1H/p-3/t31-,32-,36?,37?,38+,39+,40-,41-,63?;2*21-,24?,25+,26-;;;/m111.../s1. The highest BCUT2D eigenvalue weighted by molar-refractivity contribution is 7.53. The summed E-state index contributed by atoms with van der Waals surface area (Å²) in [6, 6.07) is 4.79. The zero-order valence-electron chi connectivity index (χ0n) is 89.8. The molecule has 4 aromatic heterocycles. The van der Waals surface area contributed by atoms with Gasteiger partial charge in [-0.25, -0.2) is 19.2 Å². The smallest absolute Gasteiger partial charge is 0.330 e. The molecule has 0 aromatic carbocycles. The van der Waals surface area contributed by atoms with Crippen LogP contribution >= 0.6 is 7.60 Å². The Kier molecular flexibility index (Phi) is 55.0. The number of carbonyl (C=O) groups excluding carboxylic acids is 6. The van der Waals surface area contributed by atoms with E-state index in [1.807, 2.05) is 26.9 Å². The second kappa shape index (κ2) is 59.9. The van der Waals surface area contributed by atoms with E-state index >= 15 is 0 Å². The van der Waals surface area contributed by atoms with Crippen molar-refractivity contribution >= 4 is 76.1 Å². The number of ketones is 3. The van der Waals surface area contributed by atoms with Crippen molar-refractivity contribution in [1.82, 2.24) is 38.2 Å². The first-order valence-electron chi connectivity index (χ1n) is 50.8. The Hall–Kier alpha value is -5.80. The van der Waals surface area contributed by atoms with E-state index < -0.39 is 222 Å². The Morgan fingerprint density at radius 3 is 0.840 bits per heavy atom. The van der Waals surface area contributed by atoms with E-state index in [-0.39, 0.29) is 162 Å². The fourth-order valence-corrected chi connectivity index (χ4v) is 39.5. The molecule has 17 atom stereocenters. The molecule has 4 aliphatic heterocycles. The number of halogens is 3. The van der Waals surface area contributed by atoms with Crippen molar-refractivity contribution in [3.63, 3.8) is 0 Å². The quantitative estimate of drug-likeness (QED) is 0.00973. The summed E-state index contributed by atoms with van der Waals surface area (Å²) < 4.78 is 103. The van der Waals surface area contributed by atoms with E-state index in [9.17, 15) is 81.9 Å². The summed E-state index contributed by atoms with van der Waals surface area (Å²) in [6.45, 7) is 55.9. The number of Topliss-reactive ketones (excluding diaryl/α,β-unsaturated/α-hetero) is 3. The van der Waals surface area contributed by atoms with Crippen LogP contribution in [0.3, 0.4) is 0 Å². The number of aliphatic hydroxyl groups is 2. The van der Waals surface area contributed by atoms with Gasteiger partial charge in [0, 0.05) is 94.2 Å². The number of hydrogen-bond donors (Lipinski definition) is 6.